The molecule has 5 heteroatoms. The molecule has 2 aromatic rings. The predicted octanol–water partition coefficient (Wildman–Crippen LogP) is 3.78. The van der Waals surface area contributed by atoms with E-state index in [1.54, 1.807) is 6.92 Å². The van der Waals surface area contributed by atoms with E-state index in [0.29, 0.717) is 17.0 Å². The van der Waals surface area contributed by atoms with E-state index in [2.05, 4.69) is 5.32 Å². The smallest absolute Gasteiger partial charge is 0.341 e. The van der Waals surface area contributed by atoms with Gasteiger partial charge in [0, 0.05) is 17.7 Å². The van der Waals surface area contributed by atoms with E-state index in [-0.39, 0.29) is 5.91 Å². The fraction of sp³-hybridized carbons (Fsp3) is 0.294. The van der Waals surface area contributed by atoms with Crippen LogP contribution in [0.5, 0.6) is 0 Å². The summed E-state index contributed by atoms with van der Waals surface area (Å²) >= 11 is 1.44. The van der Waals surface area contributed by atoms with Crippen LogP contribution >= 0.6 is 11.3 Å². The Morgan fingerprint density at radius 3 is 2.50 bits per heavy atom. The molecule has 0 spiro atoms. The van der Waals surface area contributed by atoms with Crippen LogP contribution in [0.3, 0.4) is 0 Å². The third kappa shape index (κ3) is 3.54. The van der Waals surface area contributed by atoms with Gasteiger partial charge in [-0.2, -0.15) is 0 Å². The van der Waals surface area contributed by atoms with Crippen LogP contribution in [0, 0.1) is 6.92 Å². The molecule has 22 heavy (non-hydrogen) atoms. The Labute approximate surface area is 134 Å². The molecular weight excluding hydrogens is 298 g/mol. The molecule has 1 N–H and O–H groups in total. The first-order valence-corrected chi connectivity index (χ1v) is 7.92. The fourth-order valence-electron chi connectivity index (χ4n) is 2.16. The summed E-state index contributed by atoms with van der Waals surface area (Å²) in [5, 5.41) is 3.37. The number of carbonyl (C=O) groups excluding carboxylic acids is 2. The average molecular weight is 317 g/mol. The van der Waals surface area contributed by atoms with Gasteiger partial charge >= 0.3 is 5.97 Å². The second-order valence-electron chi connectivity index (χ2n) is 4.91. The zero-order valence-corrected chi connectivity index (χ0v) is 13.8. The van der Waals surface area contributed by atoms with Crippen LogP contribution in [0.25, 0.3) is 0 Å². The molecule has 0 unspecified atom stereocenters. The first-order chi connectivity index (χ1) is 10.6. The summed E-state index contributed by atoms with van der Waals surface area (Å²) in [5.41, 5.74) is 2.49. The highest BCUT2D eigenvalue weighted by Gasteiger charge is 2.22. The largest absolute Gasteiger partial charge is 0.465 e. The summed E-state index contributed by atoms with van der Waals surface area (Å²) in [6.07, 6.45) is 1.09. The molecule has 0 saturated carbocycles. The highest BCUT2D eigenvalue weighted by atomic mass is 32.1. The van der Waals surface area contributed by atoms with Crippen molar-refractivity contribution in [3.05, 3.63) is 51.9 Å². The first-order valence-electron chi connectivity index (χ1n) is 7.11. The van der Waals surface area contributed by atoms with Gasteiger partial charge in [0.05, 0.1) is 12.7 Å². The number of amides is 1. The lowest BCUT2D eigenvalue weighted by molar-refractivity contribution is -0.115. The number of methoxy groups -OCH3 is 1. The van der Waals surface area contributed by atoms with E-state index < -0.39 is 5.97 Å². The molecule has 0 aliphatic rings. The van der Waals surface area contributed by atoms with Crippen molar-refractivity contribution >= 4 is 28.2 Å². The molecule has 2 rings (SSSR count). The average Bonchev–Trinajstić information content (AvgIpc) is 2.83. The van der Waals surface area contributed by atoms with E-state index in [1.165, 1.54) is 18.4 Å². The maximum Gasteiger partial charge on any atom is 0.341 e. The fourth-order valence-corrected chi connectivity index (χ4v) is 3.41. The number of esters is 1. The number of thiophene rings is 1. The molecule has 0 saturated heterocycles. The number of ether oxygens (including phenoxy) is 1. The number of anilines is 1. The quantitative estimate of drug-likeness (QED) is 0.854. The minimum atomic E-state index is -0.417. The van der Waals surface area contributed by atoms with Gasteiger partial charge in [-0.15, -0.1) is 11.3 Å². The predicted molar refractivity (Wildman–Crippen MR) is 88.6 cm³/mol. The number of hydrogen-bond acceptors (Lipinski definition) is 4. The lowest BCUT2D eigenvalue weighted by atomic mass is 10.1. The molecule has 0 aliphatic carbocycles. The van der Waals surface area contributed by atoms with Gasteiger partial charge in [0.15, 0.2) is 0 Å². The Bertz CT molecular complexity index is 677. The van der Waals surface area contributed by atoms with E-state index in [0.717, 1.165) is 22.4 Å². The third-order valence-electron chi connectivity index (χ3n) is 3.42. The lowest BCUT2D eigenvalue weighted by Gasteiger charge is -2.04. The summed E-state index contributed by atoms with van der Waals surface area (Å²) in [5.74, 6) is -0.530. The number of benzene rings is 1. The van der Waals surface area contributed by atoms with E-state index in [9.17, 15) is 9.59 Å². The molecule has 0 bridgehead atoms. The standard InChI is InChI=1S/C17H19NO3S/c1-4-14(19)18-16-15(17(20)21-3)11(2)13(22-16)10-12-8-6-5-7-9-12/h5-9H,4,10H2,1-3H3,(H,18,19). The Morgan fingerprint density at radius 1 is 1.23 bits per heavy atom. The van der Waals surface area contributed by atoms with Gasteiger partial charge in [-0.1, -0.05) is 37.3 Å². The summed E-state index contributed by atoms with van der Waals surface area (Å²) < 4.78 is 4.85. The van der Waals surface area contributed by atoms with E-state index >= 15 is 0 Å². The second-order valence-corrected chi connectivity index (χ2v) is 6.02. The molecule has 0 atom stereocenters. The Hall–Kier alpha value is -2.14. The third-order valence-corrected chi connectivity index (χ3v) is 4.62. The van der Waals surface area contributed by atoms with Crippen molar-refractivity contribution in [3.8, 4) is 0 Å². The summed E-state index contributed by atoms with van der Waals surface area (Å²) in [4.78, 5) is 24.7. The van der Waals surface area contributed by atoms with Crippen molar-refractivity contribution in [2.75, 3.05) is 12.4 Å². The summed E-state index contributed by atoms with van der Waals surface area (Å²) in [7, 11) is 1.35. The Morgan fingerprint density at radius 2 is 1.91 bits per heavy atom. The molecule has 1 heterocycles. The van der Waals surface area contributed by atoms with Crippen LogP contribution in [0.15, 0.2) is 30.3 Å². The van der Waals surface area contributed by atoms with Gasteiger partial charge in [0.25, 0.3) is 0 Å². The van der Waals surface area contributed by atoms with Crippen LogP contribution in [0.2, 0.25) is 0 Å². The molecule has 4 nitrogen and oxygen atoms in total. The van der Waals surface area contributed by atoms with Crippen LogP contribution in [-0.4, -0.2) is 19.0 Å². The lowest BCUT2D eigenvalue weighted by Crippen LogP contribution is -2.12. The summed E-state index contributed by atoms with van der Waals surface area (Å²) in [6, 6.07) is 10.0. The highest BCUT2D eigenvalue weighted by molar-refractivity contribution is 7.17. The van der Waals surface area contributed by atoms with Crippen molar-refractivity contribution in [2.45, 2.75) is 26.7 Å². The van der Waals surface area contributed by atoms with Gasteiger partial charge in [-0.05, 0) is 18.1 Å². The van der Waals surface area contributed by atoms with Crippen molar-refractivity contribution in [1.29, 1.82) is 0 Å². The van der Waals surface area contributed by atoms with Crippen molar-refractivity contribution in [2.24, 2.45) is 0 Å². The van der Waals surface area contributed by atoms with Crippen molar-refractivity contribution < 1.29 is 14.3 Å². The number of carbonyl (C=O) groups is 2. The van der Waals surface area contributed by atoms with Gasteiger partial charge in [-0.3, -0.25) is 4.79 Å². The van der Waals surface area contributed by atoms with Crippen LogP contribution in [-0.2, 0) is 16.0 Å². The number of nitrogens with one attached hydrogen (secondary N) is 1. The first kappa shape index (κ1) is 16.2. The zero-order valence-electron chi connectivity index (χ0n) is 12.9. The van der Waals surface area contributed by atoms with Gasteiger partial charge < -0.3 is 10.1 Å². The van der Waals surface area contributed by atoms with E-state index in [1.807, 2.05) is 37.3 Å². The molecule has 0 aliphatic heterocycles. The van der Waals surface area contributed by atoms with Gasteiger partial charge in [0.1, 0.15) is 5.00 Å². The summed E-state index contributed by atoms with van der Waals surface area (Å²) in [6.45, 7) is 3.67. The molecule has 1 aromatic carbocycles. The highest BCUT2D eigenvalue weighted by Crippen LogP contribution is 2.35. The Kier molecular flexibility index (Phi) is 5.33. The number of rotatable bonds is 5. The van der Waals surface area contributed by atoms with Crippen LogP contribution in [0.1, 0.15) is 39.7 Å². The molecule has 1 aromatic heterocycles. The molecule has 0 fully saturated rings. The maximum atomic E-state index is 12.0. The minimum Gasteiger partial charge on any atom is -0.465 e. The monoisotopic (exact) mass is 317 g/mol. The van der Waals surface area contributed by atoms with Crippen molar-refractivity contribution in [1.82, 2.24) is 0 Å². The van der Waals surface area contributed by atoms with Crippen molar-refractivity contribution in [3.63, 3.8) is 0 Å². The van der Waals surface area contributed by atoms with Crippen LogP contribution < -0.4 is 5.32 Å². The normalized spacial score (nSPS) is 10.3. The van der Waals surface area contributed by atoms with Crippen LogP contribution in [0.4, 0.5) is 5.00 Å². The minimum absolute atomic E-state index is 0.113. The zero-order chi connectivity index (χ0) is 16.1. The van der Waals surface area contributed by atoms with E-state index in [4.69, 9.17) is 4.74 Å². The Balaban J connectivity index is 2.39. The van der Waals surface area contributed by atoms with Gasteiger partial charge in [-0.25, -0.2) is 4.79 Å². The maximum absolute atomic E-state index is 12.0. The topological polar surface area (TPSA) is 55.4 Å². The molecule has 0 radical (unpaired) electrons. The molecule has 116 valence electrons. The second kappa shape index (κ2) is 7.22. The SMILES string of the molecule is CCC(=O)Nc1sc(Cc2ccccc2)c(C)c1C(=O)OC. The molecule has 1 amide bonds. The van der Waals surface area contributed by atoms with Gasteiger partial charge in [0.2, 0.25) is 5.91 Å². The number of hydrogen-bond donors (Lipinski definition) is 1. The molecular formula is C17H19NO3S.